The molecule has 0 aromatic heterocycles. The van der Waals surface area contributed by atoms with Gasteiger partial charge in [0, 0.05) is 6.42 Å². The van der Waals surface area contributed by atoms with Gasteiger partial charge in [0.1, 0.15) is 0 Å². The van der Waals surface area contributed by atoms with Crippen LogP contribution in [0.3, 0.4) is 0 Å². The van der Waals surface area contributed by atoms with Crippen LogP contribution >= 0.6 is 0 Å². The highest BCUT2D eigenvalue weighted by molar-refractivity contribution is 5.66. The van der Waals surface area contributed by atoms with Crippen molar-refractivity contribution in [2.75, 3.05) is 0 Å². The minimum atomic E-state index is -0.641. The SMILES string of the molecule is CCC12CCC(O)CC1CCC1C3CCC(C(C)CCC(=O)O)C3(C)CCC12. The van der Waals surface area contributed by atoms with Gasteiger partial charge in [-0.05, 0) is 117 Å². The number of carbonyl (C=O) groups is 1. The fraction of sp³-hybridized carbons (Fsp3) is 0.960. The molecule has 0 amide bonds. The van der Waals surface area contributed by atoms with E-state index in [2.05, 4.69) is 20.8 Å². The smallest absolute Gasteiger partial charge is 0.303 e. The molecular weight excluding hydrogens is 348 g/mol. The third kappa shape index (κ3) is 3.15. The summed E-state index contributed by atoms with van der Waals surface area (Å²) in [5, 5.41) is 19.4. The molecule has 4 aliphatic rings. The van der Waals surface area contributed by atoms with Crippen LogP contribution < -0.4 is 0 Å². The number of aliphatic carboxylic acids is 1. The van der Waals surface area contributed by atoms with Crippen molar-refractivity contribution >= 4 is 5.97 Å². The lowest BCUT2D eigenvalue weighted by molar-refractivity contribution is -0.141. The van der Waals surface area contributed by atoms with Crippen LogP contribution in [0.15, 0.2) is 0 Å². The van der Waals surface area contributed by atoms with Crippen LogP contribution in [0.5, 0.6) is 0 Å². The molecule has 4 saturated carbocycles. The Morgan fingerprint density at radius 1 is 1.07 bits per heavy atom. The predicted octanol–water partition coefficient (Wildman–Crippen LogP) is 5.90. The zero-order chi connectivity index (χ0) is 20.1. The first-order valence-corrected chi connectivity index (χ1v) is 12.2. The maximum Gasteiger partial charge on any atom is 0.303 e. The summed E-state index contributed by atoms with van der Waals surface area (Å²) in [6.45, 7) is 7.31. The maximum atomic E-state index is 11.1. The fourth-order valence-corrected chi connectivity index (χ4v) is 9.27. The Kier molecular flexibility index (Phi) is 5.61. The third-order valence-electron chi connectivity index (χ3n) is 10.6. The molecule has 0 bridgehead atoms. The molecule has 0 saturated heterocycles. The molecule has 9 unspecified atom stereocenters. The van der Waals surface area contributed by atoms with Crippen molar-refractivity contribution < 1.29 is 15.0 Å². The van der Waals surface area contributed by atoms with Crippen molar-refractivity contribution in [2.45, 2.75) is 104 Å². The van der Waals surface area contributed by atoms with Crippen LogP contribution in [0.1, 0.15) is 97.8 Å². The first kappa shape index (κ1) is 20.7. The average molecular weight is 391 g/mol. The average Bonchev–Trinajstić information content (AvgIpc) is 3.03. The largest absolute Gasteiger partial charge is 0.481 e. The van der Waals surface area contributed by atoms with E-state index in [1.54, 1.807) is 0 Å². The Labute approximate surface area is 171 Å². The van der Waals surface area contributed by atoms with E-state index in [4.69, 9.17) is 5.11 Å². The number of fused-ring (bicyclic) bond motifs is 5. The lowest BCUT2D eigenvalue weighted by atomic mass is 9.43. The number of carboxylic acids is 1. The van der Waals surface area contributed by atoms with Gasteiger partial charge in [0.05, 0.1) is 6.10 Å². The molecule has 4 rings (SSSR count). The zero-order valence-electron chi connectivity index (χ0n) is 18.3. The first-order valence-electron chi connectivity index (χ1n) is 12.2. The first-order chi connectivity index (χ1) is 13.3. The molecule has 160 valence electrons. The summed E-state index contributed by atoms with van der Waals surface area (Å²) in [7, 11) is 0. The van der Waals surface area contributed by atoms with E-state index in [9.17, 15) is 9.90 Å². The Hall–Kier alpha value is -0.570. The summed E-state index contributed by atoms with van der Waals surface area (Å²) in [6.07, 6.45) is 13.8. The summed E-state index contributed by atoms with van der Waals surface area (Å²) >= 11 is 0. The van der Waals surface area contributed by atoms with Crippen LogP contribution in [0.2, 0.25) is 0 Å². The lowest BCUT2D eigenvalue weighted by Crippen LogP contribution is -2.55. The number of aliphatic hydroxyl groups is 1. The van der Waals surface area contributed by atoms with Gasteiger partial charge in [-0.15, -0.1) is 0 Å². The minimum absolute atomic E-state index is 0.0546. The van der Waals surface area contributed by atoms with Gasteiger partial charge in [0.25, 0.3) is 0 Å². The van der Waals surface area contributed by atoms with E-state index in [1.807, 2.05) is 0 Å². The minimum Gasteiger partial charge on any atom is -0.481 e. The Morgan fingerprint density at radius 2 is 1.86 bits per heavy atom. The van der Waals surface area contributed by atoms with E-state index in [1.165, 1.54) is 51.4 Å². The van der Waals surface area contributed by atoms with Crippen LogP contribution in [-0.2, 0) is 4.79 Å². The normalized spacial score (nSPS) is 49.0. The summed E-state index contributed by atoms with van der Waals surface area (Å²) in [4.78, 5) is 11.1. The molecule has 0 heterocycles. The molecule has 0 radical (unpaired) electrons. The monoisotopic (exact) mass is 390 g/mol. The molecule has 3 nitrogen and oxygen atoms in total. The molecule has 4 aliphatic carbocycles. The van der Waals surface area contributed by atoms with Gasteiger partial charge < -0.3 is 10.2 Å². The lowest BCUT2D eigenvalue weighted by Gasteiger charge is -2.62. The quantitative estimate of drug-likeness (QED) is 0.614. The van der Waals surface area contributed by atoms with Gasteiger partial charge >= 0.3 is 5.97 Å². The Balaban J connectivity index is 1.53. The van der Waals surface area contributed by atoms with Gasteiger partial charge in [-0.2, -0.15) is 0 Å². The van der Waals surface area contributed by atoms with Gasteiger partial charge in [0.15, 0.2) is 0 Å². The molecule has 0 spiro atoms. The van der Waals surface area contributed by atoms with E-state index < -0.39 is 5.97 Å². The molecule has 0 aliphatic heterocycles. The zero-order valence-corrected chi connectivity index (χ0v) is 18.3. The number of hydrogen-bond donors (Lipinski definition) is 2. The molecule has 0 aromatic rings. The van der Waals surface area contributed by atoms with E-state index in [-0.39, 0.29) is 6.10 Å². The van der Waals surface area contributed by atoms with E-state index in [0.717, 1.165) is 42.9 Å². The highest BCUT2D eigenvalue weighted by Crippen LogP contribution is 2.69. The van der Waals surface area contributed by atoms with Crippen LogP contribution in [0.4, 0.5) is 0 Å². The van der Waals surface area contributed by atoms with E-state index >= 15 is 0 Å². The number of rotatable bonds is 5. The van der Waals surface area contributed by atoms with Crippen LogP contribution in [0, 0.1) is 46.3 Å². The van der Waals surface area contributed by atoms with Crippen molar-refractivity contribution in [3.05, 3.63) is 0 Å². The summed E-state index contributed by atoms with van der Waals surface area (Å²) < 4.78 is 0. The van der Waals surface area contributed by atoms with E-state index in [0.29, 0.717) is 29.1 Å². The highest BCUT2D eigenvalue weighted by atomic mass is 16.4. The summed E-state index contributed by atoms with van der Waals surface area (Å²) in [5.74, 6) is 3.94. The fourth-order valence-electron chi connectivity index (χ4n) is 9.27. The second kappa shape index (κ2) is 7.60. The van der Waals surface area contributed by atoms with Crippen molar-refractivity contribution in [3.8, 4) is 0 Å². The van der Waals surface area contributed by atoms with Gasteiger partial charge in [-0.1, -0.05) is 20.8 Å². The highest BCUT2D eigenvalue weighted by Gasteiger charge is 2.61. The summed E-state index contributed by atoms with van der Waals surface area (Å²) in [6, 6.07) is 0. The standard InChI is InChI=1S/C25H42O3/c1-4-25-14-11-18(26)15-17(25)6-7-19-21-9-8-20(16(2)5-10-23(27)28)24(21,3)13-12-22(19)25/h16-22,26H,4-15H2,1-3H3,(H,27,28). The second-order valence-electron chi connectivity index (χ2n) is 11.3. The van der Waals surface area contributed by atoms with Gasteiger partial charge in [-0.25, -0.2) is 0 Å². The van der Waals surface area contributed by atoms with Crippen LogP contribution in [0.25, 0.3) is 0 Å². The molecule has 4 fully saturated rings. The topological polar surface area (TPSA) is 57.5 Å². The molecule has 2 N–H and O–H groups in total. The predicted molar refractivity (Wildman–Crippen MR) is 112 cm³/mol. The Bertz CT molecular complexity index is 588. The molecule has 9 atom stereocenters. The van der Waals surface area contributed by atoms with Crippen molar-refractivity contribution in [1.29, 1.82) is 0 Å². The molecule has 3 heteroatoms. The maximum absolute atomic E-state index is 11.1. The molecule has 0 aromatic carbocycles. The third-order valence-corrected chi connectivity index (χ3v) is 10.6. The van der Waals surface area contributed by atoms with Crippen LogP contribution in [-0.4, -0.2) is 22.3 Å². The van der Waals surface area contributed by atoms with Crippen molar-refractivity contribution in [2.24, 2.45) is 46.3 Å². The Morgan fingerprint density at radius 3 is 2.57 bits per heavy atom. The number of aliphatic hydroxyl groups excluding tert-OH is 1. The summed E-state index contributed by atoms with van der Waals surface area (Å²) in [5.41, 5.74) is 0.922. The number of hydrogen-bond acceptors (Lipinski definition) is 2. The molecular formula is C25H42O3. The second-order valence-corrected chi connectivity index (χ2v) is 11.3. The molecule has 28 heavy (non-hydrogen) atoms. The van der Waals surface area contributed by atoms with Gasteiger partial charge in [0.2, 0.25) is 0 Å². The van der Waals surface area contributed by atoms with Crippen molar-refractivity contribution in [3.63, 3.8) is 0 Å². The number of carboxylic acid groups (broad SMARTS) is 1. The van der Waals surface area contributed by atoms with Gasteiger partial charge in [-0.3, -0.25) is 4.79 Å². The van der Waals surface area contributed by atoms with Crippen molar-refractivity contribution in [1.82, 2.24) is 0 Å².